The van der Waals surface area contributed by atoms with Gasteiger partial charge in [0.1, 0.15) is 23.9 Å². The maximum atomic E-state index is 13.3. The van der Waals surface area contributed by atoms with E-state index in [0.717, 1.165) is 29.2 Å². The predicted molar refractivity (Wildman–Crippen MR) is 115 cm³/mol. The van der Waals surface area contributed by atoms with E-state index in [9.17, 15) is 4.79 Å². The average Bonchev–Trinajstić information content (AvgIpc) is 2.82. The zero-order valence-electron chi connectivity index (χ0n) is 17.2. The van der Waals surface area contributed by atoms with Crippen LogP contribution in [0.4, 0.5) is 0 Å². The lowest BCUT2D eigenvalue weighted by Gasteiger charge is -2.37. The van der Waals surface area contributed by atoms with Gasteiger partial charge in [-0.15, -0.1) is 0 Å². The predicted octanol–water partition coefficient (Wildman–Crippen LogP) is 4.52. The van der Waals surface area contributed by atoms with Crippen LogP contribution >= 0.6 is 0 Å². The molecule has 0 aromatic heterocycles. The number of rotatable bonds is 6. The molecule has 0 N–H and O–H groups in total. The summed E-state index contributed by atoms with van der Waals surface area (Å²) in [6.07, 6.45) is 0.803. The van der Waals surface area contributed by atoms with Crippen molar-refractivity contribution in [2.24, 2.45) is 0 Å². The van der Waals surface area contributed by atoms with Crippen molar-refractivity contribution < 1.29 is 19.0 Å². The van der Waals surface area contributed by atoms with Gasteiger partial charge in [-0.05, 0) is 66.1 Å². The van der Waals surface area contributed by atoms with Gasteiger partial charge in [-0.2, -0.15) is 0 Å². The van der Waals surface area contributed by atoms with Gasteiger partial charge in [0.05, 0.1) is 20.3 Å². The molecule has 1 heterocycles. The Morgan fingerprint density at radius 2 is 1.57 bits per heavy atom. The van der Waals surface area contributed by atoms with Crippen LogP contribution in [-0.4, -0.2) is 38.2 Å². The second-order valence-electron chi connectivity index (χ2n) is 7.18. The first-order valence-electron chi connectivity index (χ1n) is 9.99. The minimum absolute atomic E-state index is 0.00685. The molecule has 4 rings (SSSR count). The molecule has 30 heavy (non-hydrogen) atoms. The number of carbonyl (C=O) groups is 1. The topological polar surface area (TPSA) is 48.0 Å². The lowest BCUT2D eigenvalue weighted by molar-refractivity contribution is 0.0589. The van der Waals surface area contributed by atoms with Crippen LogP contribution < -0.4 is 14.2 Å². The standard InChI is InChI=1S/C25H25NO4/c1-28-20-10-12-21(13-11-20)30-17-24-23-16-22(29-2)9-8-18(23)14-15-26(24)25(27)19-6-4-3-5-7-19/h3-13,16,24H,14-15,17H2,1-2H3. The van der Waals surface area contributed by atoms with Crippen molar-refractivity contribution in [1.29, 1.82) is 0 Å². The van der Waals surface area contributed by atoms with Crippen LogP contribution in [0.15, 0.2) is 72.8 Å². The Bertz CT molecular complexity index is 1000. The summed E-state index contributed by atoms with van der Waals surface area (Å²) in [6.45, 7) is 0.995. The van der Waals surface area contributed by atoms with Gasteiger partial charge in [0.25, 0.3) is 5.91 Å². The van der Waals surface area contributed by atoms with Crippen LogP contribution in [-0.2, 0) is 6.42 Å². The molecule has 1 unspecified atom stereocenters. The number of carbonyl (C=O) groups excluding carboxylic acids is 1. The number of ether oxygens (including phenoxy) is 3. The van der Waals surface area contributed by atoms with Crippen molar-refractivity contribution in [3.63, 3.8) is 0 Å². The Labute approximate surface area is 176 Å². The van der Waals surface area contributed by atoms with Crippen molar-refractivity contribution in [3.05, 3.63) is 89.5 Å². The number of fused-ring (bicyclic) bond motifs is 1. The molecule has 3 aromatic rings. The molecule has 0 radical (unpaired) electrons. The van der Waals surface area contributed by atoms with Crippen molar-refractivity contribution in [2.75, 3.05) is 27.4 Å². The number of hydrogen-bond acceptors (Lipinski definition) is 4. The Morgan fingerprint density at radius 1 is 0.900 bits per heavy atom. The largest absolute Gasteiger partial charge is 0.497 e. The summed E-state index contributed by atoms with van der Waals surface area (Å²) < 4.78 is 16.8. The first-order chi connectivity index (χ1) is 14.7. The molecule has 0 saturated heterocycles. The number of nitrogens with zero attached hydrogens (tertiary/aromatic N) is 1. The Hall–Kier alpha value is -3.47. The van der Waals surface area contributed by atoms with Crippen LogP contribution in [0.3, 0.4) is 0 Å². The van der Waals surface area contributed by atoms with E-state index in [1.54, 1.807) is 14.2 Å². The highest BCUT2D eigenvalue weighted by Crippen LogP contribution is 2.34. The summed E-state index contributed by atoms with van der Waals surface area (Å²) in [5, 5.41) is 0. The molecule has 154 valence electrons. The van der Waals surface area contributed by atoms with Gasteiger partial charge in [-0.3, -0.25) is 4.79 Å². The van der Waals surface area contributed by atoms with Gasteiger partial charge >= 0.3 is 0 Å². The summed E-state index contributed by atoms with van der Waals surface area (Å²) in [5.41, 5.74) is 2.97. The highest BCUT2D eigenvalue weighted by molar-refractivity contribution is 5.94. The van der Waals surface area contributed by atoms with Gasteiger partial charge in [0, 0.05) is 12.1 Å². The van der Waals surface area contributed by atoms with Crippen LogP contribution in [0, 0.1) is 0 Å². The van der Waals surface area contributed by atoms with Crippen molar-refractivity contribution in [3.8, 4) is 17.2 Å². The highest BCUT2D eigenvalue weighted by Gasteiger charge is 2.32. The van der Waals surface area contributed by atoms with E-state index in [1.807, 2.05) is 71.6 Å². The van der Waals surface area contributed by atoms with Crippen molar-refractivity contribution in [2.45, 2.75) is 12.5 Å². The normalized spacial score (nSPS) is 15.3. The molecule has 3 aromatic carbocycles. The smallest absolute Gasteiger partial charge is 0.254 e. The van der Waals surface area contributed by atoms with E-state index < -0.39 is 0 Å². The molecule has 0 spiro atoms. The van der Waals surface area contributed by atoms with Crippen LogP contribution in [0.25, 0.3) is 0 Å². The lowest BCUT2D eigenvalue weighted by atomic mass is 9.92. The molecule has 5 nitrogen and oxygen atoms in total. The van der Waals surface area contributed by atoms with Gasteiger partial charge < -0.3 is 19.1 Å². The van der Waals surface area contributed by atoms with Gasteiger partial charge in [-0.1, -0.05) is 24.3 Å². The fraction of sp³-hybridized carbons (Fsp3) is 0.240. The first-order valence-corrected chi connectivity index (χ1v) is 9.99. The third-order valence-electron chi connectivity index (χ3n) is 5.46. The van der Waals surface area contributed by atoms with E-state index in [4.69, 9.17) is 14.2 Å². The summed E-state index contributed by atoms with van der Waals surface area (Å²) in [6, 6.07) is 22.7. The van der Waals surface area contributed by atoms with Gasteiger partial charge in [-0.25, -0.2) is 0 Å². The molecule has 0 fully saturated rings. The fourth-order valence-corrected chi connectivity index (χ4v) is 3.82. The minimum atomic E-state index is -0.210. The summed E-state index contributed by atoms with van der Waals surface area (Å²) in [4.78, 5) is 15.2. The zero-order chi connectivity index (χ0) is 20.9. The van der Waals surface area contributed by atoms with Crippen LogP contribution in [0.2, 0.25) is 0 Å². The van der Waals surface area contributed by atoms with Crippen LogP contribution in [0.5, 0.6) is 17.2 Å². The zero-order valence-corrected chi connectivity index (χ0v) is 17.2. The molecular weight excluding hydrogens is 378 g/mol. The lowest BCUT2D eigenvalue weighted by Crippen LogP contribution is -2.42. The van der Waals surface area contributed by atoms with E-state index in [2.05, 4.69) is 6.07 Å². The molecule has 0 saturated carbocycles. The van der Waals surface area contributed by atoms with Gasteiger partial charge in [0.2, 0.25) is 0 Å². The molecule has 1 amide bonds. The highest BCUT2D eigenvalue weighted by atomic mass is 16.5. The summed E-state index contributed by atoms with van der Waals surface area (Å²) >= 11 is 0. The van der Waals surface area contributed by atoms with E-state index in [0.29, 0.717) is 18.7 Å². The second kappa shape index (κ2) is 8.91. The summed E-state index contributed by atoms with van der Waals surface area (Å²) in [7, 11) is 3.29. The number of benzene rings is 3. The average molecular weight is 403 g/mol. The Kier molecular flexibility index (Phi) is 5.89. The minimum Gasteiger partial charge on any atom is -0.497 e. The fourth-order valence-electron chi connectivity index (χ4n) is 3.82. The Morgan fingerprint density at radius 3 is 2.27 bits per heavy atom. The second-order valence-corrected chi connectivity index (χ2v) is 7.18. The molecule has 1 aliphatic rings. The van der Waals surface area contributed by atoms with E-state index in [-0.39, 0.29) is 11.9 Å². The summed E-state index contributed by atoms with van der Waals surface area (Å²) in [5.74, 6) is 2.29. The maximum Gasteiger partial charge on any atom is 0.254 e. The van der Waals surface area contributed by atoms with Gasteiger partial charge in [0.15, 0.2) is 0 Å². The van der Waals surface area contributed by atoms with E-state index >= 15 is 0 Å². The van der Waals surface area contributed by atoms with Crippen molar-refractivity contribution >= 4 is 5.91 Å². The SMILES string of the molecule is COc1ccc(OCC2c3cc(OC)ccc3CCN2C(=O)c2ccccc2)cc1. The molecular formula is C25H25NO4. The number of amides is 1. The molecule has 1 atom stereocenters. The number of methoxy groups -OCH3 is 2. The molecule has 0 aliphatic carbocycles. The quantitative estimate of drug-likeness (QED) is 0.607. The molecule has 0 bridgehead atoms. The van der Waals surface area contributed by atoms with E-state index in [1.165, 1.54) is 5.56 Å². The first kappa shape index (κ1) is 19.8. The molecule has 5 heteroatoms. The third-order valence-corrected chi connectivity index (χ3v) is 5.46. The number of hydrogen-bond donors (Lipinski definition) is 0. The maximum absolute atomic E-state index is 13.3. The third kappa shape index (κ3) is 4.10. The van der Waals surface area contributed by atoms with Crippen molar-refractivity contribution in [1.82, 2.24) is 4.90 Å². The van der Waals surface area contributed by atoms with Crippen LogP contribution in [0.1, 0.15) is 27.5 Å². The Balaban J connectivity index is 1.64. The molecule has 1 aliphatic heterocycles. The monoisotopic (exact) mass is 403 g/mol.